The molecule has 140 valence electrons. The molecule has 28 heavy (non-hydrogen) atoms. The van der Waals surface area contributed by atoms with E-state index >= 15 is 0 Å². The summed E-state index contributed by atoms with van der Waals surface area (Å²) in [6.45, 7) is 3.27. The van der Waals surface area contributed by atoms with Crippen LogP contribution in [0.2, 0.25) is 5.02 Å². The molecule has 2 aromatic heterocycles. The van der Waals surface area contributed by atoms with Gasteiger partial charge in [0.2, 0.25) is 0 Å². The van der Waals surface area contributed by atoms with Gasteiger partial charge < -0.3 is 9.15 Å². The van der Waals surface area contributed by atoms with Crippen molar-refractivity contribution in [3.63, 3.8) is 0 Å². The van der Waals surface area contributed by atoms with E-state index in [1.54, 1.807) is 30.3 Å². The van der Waals surface area contributed by atoms with Crippen molar-refractivity contribution in [2.75, 3.05) is 0 Å². The van der Waals surface area contributed by atoms with Crippen molar-refractivity contribution < 1.29 is 13.9 Å². The van der Waals surface area contributed by atoms with Crippen LogP contribution < -0.4 is 10.4 Å². The van der Waals surface area contributed by atoms with E-state index in [1.807, 2.05) is 19.1 Å². The molecule has 2 aromatic carbocycles. The molecule has 5 nitrogen and oxygen atoms in total. The zero-order valence-electron chi connectivity index (χ0n) is 15.0. The van der Waals surface area contributed by atoms with Crippen LogP contribution in [0.15, 0.2) is 57.7 Å². The lowest BCUT2D eigenvalue weighted by molar-refractivity contribution is -0.131. The minimum absolute atomic E-state index is 0.325. The topological polar surface area (TPSA) is 69.4 Å². The maximum absolute atomic E-state index is 12.5. The Labute approximate surface area is 169 Å². The van der Waals surface area contributed by atoms with Crippen LogP contribution in [0.3, 0.4) is 0 Å². The molecule has 0 saturated heterocycles. The Morgan fingerprint density at radius 1 is 1.14 bits per heavy atom. The summed E-state index contributed by atoms with van der Waals surface area (Å²) in [6, 6.07) is 14.1. The smallest absolute Gasteiger partial charge is 0.346 e. The first-order chi connectivity index (χ1) is 13.4. The Hall–Kier alpha value is -2.96. The van der Waals surface area contributed by atoms with E-state index in [0.29, 0.717) is 32.3 Å². The van der Waals surface area contributed by atoms with E-state index in [0.717, 1.165) is 16.1 Å². The lowest BCUT2D eigenvalue weighted by atomic mass is 10.1. The molecule has 0 bridgehead atoms. The third kappa shape index (κ3) is 3.56. The Morgan fingerprint density at radius 2 is 1.89 bits per heavy atom. The molecule has 7 heteroatoms. The number of hydrogen-bond acceptors (Lipinski definition) is 6. The molecule has 0 unspecified atom stereocenters. The SMILES string of the molecule is CC(=O)Oc1ccc2cc(-c3nc(-c4ccc(Cl)cc4)c(C)s3)c(=O)oc2c1. The zero-order chi connectivity index (χ0) is 19.8. The van der Waals surface area contributed by atoms with Crippen molar-refractivity contribution in [1.29, 1.82) is 0 Å². The van der Waals surface area contributed by atoms with Gasteiger partial charge in [0.05, 0.1) is 11.3 Å². The van der Waals surface area contributed by atoms with Crippen molar-refractivity contribution in [2.24, 2.45) is 0 Å². The fourth-order valence-corrected chi connectivity index (χ4v) is 3.92. The third-order valence-electron chi connectivity index (χ3n) is 4.11. The van der Waals surface area contributed by atoms with E-state index < -0.39 is 11.6 Å². The summed E-state index contributed by atoms with van der Waals surface area (Å²) < 4.78 is 10.5. The lowest BCUT2D eigenvalue weighted by Gasteiger charge is -2.03. The average molecular weight is 412 g/mol. The number of carbonyl (C=O) groups excluding carboxylic acids is 1. The molecule has 0 spiro atoms. The maximum atomic E-state index is 12.5. The summed E-state index contributed by atoms with van der Waals surface area (Å²) in [4.78, 5) is 29.3. The van der Waals surface area contributed by atoms with E-state index in [4.69, 9.17) is 20.8 Å². The molecule has 0 aliphatic carbocycles. The fraction of sp³-hybridized carbons (Fsp3) is 0.0952. The second-order valence-corrected chi connectivity index (χ2v) is 7.81. The molecular formula is C21H14ClNO4S. The molecule has 0 aliphatic heterocycles. The van der Waals surface area contributed by atoms with Gasteiger partial charge in [0.15, 0.2) is 0 Å². The molecule has 0 fully saturated rings. The summed E-state index contributed by atoms with van der Waals surface area (Å²) in [6.07, 6.45) is 0. The first kappa shape index (κ1) is 18.4. The molecule has 0 saturated carbocycles. The van der Waals surface area contributed by atoms with Gasteiger partial charge in [0.25, 0.3) is 0 Å². The molecule has 0 radical (unpaired) electrons. The van der Waals surface area contributed by atoms with Crippen molar-refractivity contribution in [3.05, 3.63) is 68.9 Å². The summed E-state index contributed by atoms with van der Waals surface area (Å²) in [5, 5.41) is 1.95. The van der Waals surface area contributed by atoms with Crippen molar-refractivity contribution >= 4 is 39.9 Å². The van der Waals surface area contributed by atoms with E-state index in [9.17, 15) is 9.59 Å². The predicted octanol–water partition coefficient (Wildman–Crippen LogP) is 5.47. The Kier molecular flexibility index (Phi) is 4.75. The number of benzene rings is 2. The summed E-state index contributed by atoms with van der Waals surface area (Å²) in [5.41, 5.74) is 1.98. The lowest BCUT2D eigenvalue weighted by Crippen LogP contribution is -2.04. The number of fused-ring (bicyclic) bond motifs is 1. The number of rotatable bonds is 3. The van der Waals surface area contributed by atoms with Crippen LogP contribution in [0, 0.1) is 6.92 Å². The summed E-state index contributed by atoms with van der Waals surface area (Å²) in [7, 11) is 0. The number of esters is 1. The zero-order valence-corrected chi connectivity index (χ0v) is 16.6. The number of ether oxygens (including phenoxy) is 1. The van der Waals surface area contributed by atoms with E-state index in [1.165, 1.54) is 24.3 Å². The van der Waals surface area contributed by atoms with Crippen LogP contribution in [-0.4, -0.2) is 11.0 Å². The van der Waals surface area contributed by atoms with Gasteiger partial charge >= 0.3 is 11.6 Å². The van der Waals surface area contributed by atoms with E-state index in [2.05, 4.69) is 4.98 Å². The molecule has 4 rings (SSSR count). The van der Waals surface area contributed by atoms with Crippen LogP contribution in [0.4, 0.5) is 0 Å². The number of hydrogen-bond donors (Lipinski definition) is 0. The minimum Gasteiger partial charge on any atom is -0.427 e. The van der Waals surface area contributed by atoms with Gasteiger partial charge in [-0.05, 0) is 37.3 Å². The van der Waals surface area contributed by atoms with Crippen LogP contribution in [-0.2, 0) is 4.79 Å². The van der Waals surface area contributed by atoms with Gasteiger partial charge in [-0.1, -0.05) is 23.7 Å². The van der Waals surface area contributed by atoms with Gasteiger partial charge in [-0.2, -0.15) is 0 Å². The van der Waals surface area contributed by atoms with Crippen LogP contribution in [0.5, 0.6) is 5.75 Å². The normalized spacial score (nSPS) is 11.0. The van der Waals surface area contributed by atoms with Crippen LogP contribution in [0.25, 0.3) is 32.8 Å². The Bertz CT molecular complexity index is 1260. The predicted molar refractivity (Wildman–Crippen MR) is 110 cm³/mol. The van der Waals surface area contributed by atoms with Gasteiger partial charge in [-0.15, -0.1) is 11.3 Å². The van der Waals surface area contributed by atoms with Gasteiger partial charge in [-0.25, -0.2) is 9.78 Å². The highest BCUT2D eigenvalue weighted by Crippen LogP contribution is 2.33. The molecular weight excluding hydrogens is 398 g/mol. The first-order valence-electron chi connectivity index (χ1n) is 8.41. The van der Waals surface area contributed by atoms with Crippen molar-refractivity contribution in [1.82, 2.24) is 4.98 Å². The highest BCUT2D eigenvalue weighted by atomic mass is 35.5. The second-order valence-electron chi connectivity index (χ2n) is 6.17. The van der Waals surface area contributed by atoms with Gasteiger partial charge in [0.1, 0.15) is 16.3 Å². The quantitative estimate of drug-likeness (QED) is 0.254. The van der Waals surface area contributed by atoms with Crippen molar-refractivity contribution in [2.45, 2.75) is 13.8 Å². The summed E-state index contributed by atoms with van der Waals surface area (Å²) >= 11 is 7.38. The molecule has 0 aliphatic rings. The molecule has 0 atom stereocenters. The maximum Gasteiger partial charge on any atom is 0.346 e. The Balaban J connectivity index is 1.78. The van der Waals surface area contributed by atoms with Gasteiger partial charge in [-0.3, -0.25) is 4.79 Å². The number of nitrogens with zero attached hydrogens (tertiary/aromatic N) is 1. The average Bonchev–Trinajstić information content (AvgIpc) is 3.02. The molecule has 0 N–H and O–H groups in total. The van der Waals surface area contributed by atoms with Crippen LogP contribution in [0.1, 0.15) is 11.8 Å². The molecule has 2 heterocycles. The fourth-order valence-electron chi connectivity index (χ4n) is 2.86. The minimum atomic E-state index is -0.496. The number of carbonyl (C=O) groups is 1. The third-order valence-corrected chi connectivity index (χ3v) is 5.37. The highest BCUT2D eigenvalue weighted by molar-refractivity contribution is 7.15. The standard InChI is InChI=1S/C21H14ClNO4S/c1-11-19(13-3-6-15(22)7-4-13)23-20(28-11)17-9-14-5-8-16(26-12(2)24)10-18(14)27-21(17)25/h3-10H,1-2H3. The number of aromatic nitrogens is 1. The van der Waals surface area contributed by atoms with Gasteiger partial charge in [0, 0.05) is 33.8 Å². The van der Waals surface area contributed by atoms with Crippen LogP contribution >= 0.6 is 22.9 Å². The second kappa shape index (κ2) is 7.22. The monoisotopic (exact) mass is 411 g/mol. The first-order valence-corrected chi connectivity index (χ1v) is 9.60. The number of thiazole rings is 1. The highest BCUT2D eigenvalue weighted by Gasteiger charge is 2.16. The Morgan fingerprint density at radius 3 is 2.61 bits per heavy atom. The summed E-state index contributed by atoms with van der Waals surface area (Å²) in [5.74, 6) is -0.114. The number of halogens is 1. The molecule has 4 aromatic rings. The van der Waals surface area contributed by atoms with Crippen molar-refractivity contribution in [3.8, 4) is 27.6 Å². The number of aryl methyl sites for hydroxylation is 1. The molecule has 0 amide bonds. The largest absolute Gasteiger partial charge is 0.427 e. The van der Waals surface area contributed by atoms with E-state index in [-0.39, 0.29) is 0 Å².